The van der Waals surface area contributed by atoms with E-state index in [2.05, 4.69) is 15.3 Å². The van der Waals surface area contributed by atoms with Crippen molar-refractivity contribution < 1.29 is 9.59 Å². The summed E-state index contributed by atoms with van der Waals surface area (Å²) < 4.78 is 1.63. The van der Waals surface area contributed by atoms with Crippen molar-refractivity contribution in [1.29, 1.82) is 0 Å². The van der Waals surface area contributed by atoms with E-state index in [0.717, 1.165) is 25.2 Å². The normalized spacial score (nSPS) is 17.0. The molecule has 2 aliphatic rings. The van der Waals surface area contributed by atoms with Crippen LogP contribution < -0.4 is 5.32 Å². The van der Waals surface area contributed by atoms with Crippen molar-refractivity contribution in [2.75, 3.05) is 32.7 Å². The topological polar surface area (TPSA) is 70.5 Å². The van der Waals surface area contributed by atoms with Crippen molar-refractivity contribution in [3.8, 4) is 0 Å². The van der Waals surface area contributed by atoms with Crippen molar-refractivity contribution in [1.82, 2.24) is 24.9 Å². The Labute approximate surface area is 169 Å². The quantitative estimate of drug-likeness (QED) is 0.803. The van der Waals surface area contributed by atoms with Gasteiger partial charge in [0.1, 0.15) is 5.69 Å². The molecule has 1 N–H and O–H groups in total. The molecule has 0 aliphatic carbocycles. The van der Waals surface area contributed by atoms with E-state index < -0.39 is 0 Å². The van der Waals surface area contributed by atoms with Crippen LogP contribution in [0.4, 0.5) is 0 Å². The van der Waals surface area contributed by atoms with Gasteiger partial charge in [0.15, 0.2) is 5.69 Å². The monoisotopic (exact) mass is 401 g/mol. The summed E-state index contributed by atoms with van der Waals surface area (Å²) in [5.74, 6) is -0.360. The fraction of sp³-hybridized carbons (Fsp3) is 0.450. The molecule has 1 aromatic carbocycles. The fourth-order valence-electron chi connectivity index (χ4n) is 3.76. The van der Waals surface area contributed by atoms with Crippen LogP contribution in [0.5, 0.6) is 0 Å². The first-order valence-corrected chi connectivity index (χ1v) is 10.1. The number of likely N-dealkylation sites (tertiary alicyclic amines) is 1. The van der Waals surface area contributed by atoms with Crippen LogP contribution in [0.15, 0.2) is 30.3 Å². The Morgan fingerprint density at radius 3 is 2.71 bits per heavy atom. The average Bonchev–Trinajstić information content (AvgIpc) is 3.35. The maximum absolute atomic E-state index is 12.8. The third kappa shape index (κ3) is 4.05. The van der Waals surface area contributed by atoms with E-state index in [1.54, 1.807) is 15.6 Å². The lowest BCUT2D eigenvalue weighted by molar-refractivity contribution is 0.0683. The van der Waals surface area contributed by atoms with Crippen LogP contribution >= 0.6 is 11.6 Å². The molecule has 0 radical (unpaired) electrons. The summed E-state index contributed by atoms with van der Waals surface area (Å²) in [5.41, 5.74) is 1.65. The van der Waals surface area contributed by atoms with Crippen LogP contribution in [0.2, 0.25) is 5.02 Å². The zero-order valence-electron chi connectivity index (χ0n) is 15.7. The van der Waals surface area contributed by atoms with Gasteiger partial charge in [-0.15, -0.1) is 0 Å². The standard InChI is InChI=1S/C20H24ClN5O2/c21-16-6-2-1-5-15(16)14-25-11-12-26-18(20(25)28)13-17(23-26)19(27)22-7-10-24-8-3-4-9-24/h1-2,5-6,13H,3-4,7-12,14H2,(H,22,27). The molecule has 0 bridgehead atoms. The van der Waals surface area contributed by atoms with E-state index in [1.807, 2.05) is 24.3 Å². The molecule has 0 unspecified atom stereocenters. The van der Waals surface area contributed by atoms with Crippen LogP contribution in [0.25, 0.3) is 0 Å². The summed E-state index contributed by atoms with van der Waals surface area (Å²) in [6.07, 6.45) is 2.46. The third-order valence-corrected chi connectivity index (χ3v) is 5.70. The second kappa shape index (κ2) is 8.32. The van der Waals surface area contributed by atoms with Crippen molar-refractivity contribution in [2.45, 2.75) is 25.9 Å². The van der Waals surface area contributed by atoms with Crippen LogP contribution in [0.1, 0.15) is 39.4 Å². The number of carbonyl (C=O) groups is 2. The van der Waals surface area contributed by atoms with Gasteiger partial charge in [-0.1, -0.05) is 29.8 Å². The molecule has 4 rings (SSSR count). The molecule has 2 amide bonds. The highest BCUT2D eigenvalue weighted by molar-refractivity contribution is 6.31. The van der Waals surface area contributed by atoms with Gasteiger partial charge < -0.3 is 15.1 Å². The van der Waals surface area contributed by atoms with Crippen LogP contribution in [0.3, 0.4) is 0 Å². The average molecular weight is 402 g/mol. The number of amides is 2. The van der Waals surface area contributed by atoms with E-state index in [9.17, 15) is 9.59 Å². The molecule has 1 aromatic heterocycles. The van der Waals surface area contributed by atoms with Crippen LogP contribution in [-0.4, -0.2) is 64.1 Å². The number of hydrogen-bond acceptors (Lipinski definition) is 4. The Morgan fingerprint density at radius 1 is 1.14 bits per heavy atom. The third-order valence-electron chi connectivity index (χ3n) is 5.33. The highest BCUT2D eigenvalue weighted by Gasteiger charge is 2.28. The lowest BCUT2D eigenvalue weighted by Gasteiger charge is -2.27. The van der Waals surface area contributed by atoms with Crippen molar-refractivity contribution in [3.05, 3.63) is 52.3 Å². The molecule has 148 valence electrons. The van der Waals surface area contributed by atoms with Gasteiger partial charge in [-0.05, 0) is 37.6 Å². The smallest absolute Gasteiger partial charge is 0.272 e. The minimum Gasteiger partial charge on any atom is -0.349 e. The second-order valence-corrected chi connectivity index (χ2v) is 7.67. The van der Waals surface area contributed by atoms with Crippen molar-refractivity contribution in [2.24, 2.45) is 0 Å². The van der Waals surface area contributed by atoms with E-state index in [0.29, 0.717) is 42.6 Å². The molecule has 1 saturated heterocycles. The number of aromatic nitrogens is 2. The molecular formula is C20H24ClN5O2. The number of benzene rings is 1. The Hall–Kier alpha value is -2.38. The molecule has 0 spiro atoms. The largest absolute Gasteiger partial charge is 0.349 e. The van der Waals surface area contributed by atoms with Gasteiger partial charge in [-0.2, -0.15) is 5.10 Å². The van der Waals surface area contributed by atoms with Crippen LogP contribution in [0, 0.1) is 0 Å². The first kappa shape index (κ1) is 19.0. The Bertz CT molecular complexity index is 875. The van der Waals surface area contributed by atoms with Gasteiger partial charge in [0, 0.05) is 37.3 Å². The van der Waals surface area contributed by atoms with Gasteiger partial charge in [0.05, 0.1) is 6.54 Å². The zero-order valence-corrected chi connectivity index (χ0v) is 16.5. The van der Waals surface area contributed by atoms with E-state index >= 15 is 0 Å². The molecule has 3 heterocycles. The fourth-order valence-corrected chi connectivity index (χ4v) is 3.95. The number of hydrogen-bond donors (Lipinski definition) is 1. The number of fused-ring (bicyclic) bond motifs is 1. The molecule has 0 atom stereocenters. The van der Waals surface area contributed by atoms with E-state index in [1.165, 1.54) is 12.8 Å². The summed E-state index contributed by atoms with van der Waals surface area (Å²) in [6, 6.07) is 9.10. The maximum Gasteiger partial charge on any atom is 0.272 e. The molecule has 2 aliphatic heterocycles. The van der Waals surface area contributed by atoms with Gasteiger partial charge in [-0.3, -0.25) is 14.3 Å². The van der Waals surface area contributed by atoms with Gasteiger partial charge in [-0.25, -0.2) is 0 Å². The van der Waals surface area contributed by atoms with Crippen LogP contribution in [-0.2, 0) is 13.1 Å². The lowest BCUT2D eigenvalue weighted by atomic mass is 10.2. The maximum atomic E-state index is 12.8. The Morgan fingerprint density at radius 2 is 1.93 bits per heavy atom. The molecule has 1 fully saturated rings. The van der Waals surface area contributed by atoms with Gasteiger partial charge in [0.25, 0.3) is 11.8 Å². The predicted molar refractivity (Wildman–Crippen MR) is 106 cm³/mol. The second-order valence-electron chi connectivity index (χ2n) is 7.26. The number of nitrogens with one attached hydrogen (secondary N) is 1. The molecule has 8 heteroatoms. The highest BCUT2D eigenvalue weighted by Crippen LogP contribution is 2.21. The summed E-state index contributed by atoms with van der Waals surface area (Å²) in [6.45, 7) is 5.19. The van der Waals surface area contributed by atoms with Crippen molar-refractivity contribution in [3.63, 3.8) is 0 Å². The summed E-state index contributed by atoms with van der Waals surface area (Å²) in [4.78, 5) is 29.3. The highest BCUT2D eigenvalue weighted by atomic mass is 35.5. The number of rotatable bonds is 6. The number of halogens is 1. The molecular weight excluding hydrogens is 378 g/mol. The summed E-state index contributed by atoms with van der Waals surface area (Å²) in [5, 5.41) is 7.88. The molecule has 28 heavy (non-hydrogen) atoms. The first-order chi connectivity index (χ1) is 13.6. The molecule has 0 saturated carbocycles. The molecule has 2 aromatic rings. The lowest BCUT2D eigenvalue weighted by Crippen LogP contribution is -2.39. The molecule has 7 nitrogen and oxygen atoms in total. The summed E-state index contributed by atoms with van der Waals surface area (Å²) >= 11 is 6.22. The summed E-state index contributed by atoms with van der Waals surface area (Å²) in [7, 11) is 0. The van der Waals surface area contributed by atoms with Crippen molar-refractivity contribution >= 4 is 23.4 Å². The minimum absolute atomic E-state index is 0.130. The Balaban J connectivity index is 1.38. The minimum atomic E-state index is -0.230. The zero-order chi connectivity index (χ0) is 19.5. The Kier molecular flexibility index (Phi) is 5.64. The SMILES string of the molecule is O=C(NCCN1CCCC1)c1cc2n(n1)CCN(Cc1ccccc1Cl)C2=O. The predicted octanol–water partition coefficient (Wildman–Crippen LogP) is 2.02. The van der Waals surface area contributed by atoms with E-state index in [-0.39, 0.29) is 11.8 Å². The van der Waals surface area contributed by atoms with Gasteiger partial charge in [0.2, 0.25) is 0 Å². The van der Waals surface area contributed by atoms with E-state index in [4.69, 9.17) is 11.6 Å². The first-order valence-electron chi connectivity index (χ1n) is 9.73. The van der Waals surface area contributed by atoms with Gasteiger partial charge >= 0.3 is 0 Å². The number of carbonyl (C=O) groups excluding carboxylic acids is 2. The number of nitrogens with zero attached hydrogens (tertiary/aromatic N) is 4.